The van der Waals surface area contributed by atoms with Crippen molar-refractivity contribution in [1.82, 2.24) is 4.90 Å². The summed E-state index contributed by atoms with van der Waals surface area (Å²) in [5, 5.41) is 27.1. The van der Waals surface area contributed by atoms with Crippen LogP contribution in [0.4, 0.5) is 0 Å². The topological polar surface area (TPSA) is 98.1 Å². The van der Waals surface area contributed by atoms with Gasteiger partial charge in [-0.05, 0) is 6.92 Å². The van der Waals surface area contributed by atoms with E-state index in [1.807, 2.05) is 0 Å². The summed E-state index contributed by atoms with van der Waals surface area (Å²) >= 11 is 0. The fraction of sp³-hybridized carbons (Fsp3) is 0.750. The Morgan fingerprint density at radius 1 is 1.64 bits per heavy atom. The first kappa shape index (κ1) is 10.9. The molecule has 1 rings (SSSR count). The van der Waals surface area contributed by atoms with Gasteiger partial charge in [0.2, 0.25) is 5.91 Å². The molecule has 1 saturated heterocycles. The van der Waals surface area contributed by atoms with Crippen LogP contribution in [-0.4, -0.2) is 56.9 Å². The van der Waals surface area contributed by atoms with Gasteiger partial charge in [-0.2, -0.15) is 0 Å². The van der Waals surface area contributed by atoms with E-state index in [1.165, 1.54) is 6.92 Å². The van der Waals surface area contributed by atoms with Crippen LogP contribution in [0.25, 0.3) is 0 Å². The molecule has 1 unspecified atom stereocenters. The number of hydrogen-bond donors (Lipinski definition) is 3. The SMILES string of the molecule is C[C@H](O)[C@H](C(=O)O)N1CC(O)CC1=O. The number of carboxylic acid groups (broad SMARTS) is 1. The Bertz CT molecular complexity index is 252. The van der Waals surface area contributed by atoms with Gasteiger partial charge in [0.15, 0.2) is 6.04 Å². The van der Waals surface area contributed by atoms with Crippen molar-refractivity contribution in [3.63, 3.8) is 0 Å². The first-order valence-electron chi connectivity index (χ1n) is 4.32. The molecular weight excluding hydrogens is 190 g/mol. The van der Waals surface area contributed by atoms with Gasteiger partial charge in [-0.3, -0.25) is 4.79 Å². The number of β-amino-alcohol motifs (C(OH)–C–C–N with tert-alkyl or cyclic N) is 1. The average Bonchev–Trinajstić information content (AvgIpc) is 2.29. The molecule has 1 amide bonds. The van der Waals surface area contributed by atoms with E-state index in [9.17, 15) is 14.7 Å². The lowest BCUT2D eigenvalue weighted by Gasteiger charge is -2.26. The Balaban J connectivity index is 2.79. The average molecular weight is 203 g/mol. The van der Waals surface area contributed by atoms with E-state index in [-0.39, 0.29) is 13.0 Å². The number of amides is 1. The molecule has 3 N–H and O–H groups in total. The Morgan fingerprint density at radius 3 is 2.50 bits per heavy atom. The molecule has 80 valence electrons. The molecule has 1 aliphatic heterocycles. The summed E-state index contributed by atoms with van der Waals surface area (Å²) < 4.78 is 0. The van der Waals surface area contributed by atoms with Crippen LogP contribution in [0.15, 0.2) is 0 Å². The summed E-state index contributed by atoms with van der Waals surface area (Å²) in [6.07, 6.45) is -2.05. The number of carboxylic acids is 1. The maximum atomic E-state index is 11.2. The van der Waals surface area contributed by atoms with Crippen molar-refractivity contribution in [2.75, 3.05) is 6.54 Å². The molecule has 1 fully saturated rings. The Kier molecular flexibility index (Phi) is 3.07. The lowest BCUT2D eigenvalue weighted by atomic mass is 10.1. The number of aliphatic carboxylic acids is 1. The molecule has 0 aliphatic carbocycles. The van der Waals surface area contributed by atoms with Gasteiger partial charge in [-0.1, -0.05) is 0 Å². The predicted octanol–water partition coefficient (Wildman–Crippen LogP) is -1.59. The van der Waals surface area contributed by atoms with Gasteiger partial charge in [-0.25, -0.2) is 4.79 Å². The van der Waals surface area contributed by atoms with Gasteiger partial charge in [-0.15, -0.1) is 0 Å². The minimum atomic E-state index is -1.26. The zero-order valence-corrected chi connectivity index (χ0v) is 7.75. The molecule has 6 nitrogen and oxygen atoms in total. The van der Waals surface area contributed by atoms with E-state index in [4.69, 9.17) is 10.2 Å². The second-order valence-corrected chi connectivity index (χ2v) is 3.43. The quantitative estimate of drug-likeness (QED) is 0.514. The van der Waals surface area contributed by atoms with Crippen LogP contribution in [0, 0.1) is 0 Å². The van der Waals surface area contributed by atoms with Crippen LogP contribution in [0.1, 0.15) is 13.3 Å². The Hall–Kier alpha value is -1.14. The van der Waals surface area contributed by atoms with Crippen LogP contribution in [0.5, 0.6) is 0 Å². The van der Waals surface area contributed by atoms with E-state index in [1.54, 1.807) is 0 Å². The number of likely N-dealkylation sites (tertiary alicyclic amines) is 1. The Labute approximate surface area is 80.8 Å². The highest BCUT2D eigenvalue weighted by Gasteiger charge is 2.39. The summed E-state index contributed by atoms with van der Waals surface area (Å²) in [4.78, 5) is 23.0. The molecule has 14 heavy (non-hydrogen) atoms. The van der Waals surface area contributed by atoms with Crippen molar-refractivity contribution in [3.05, 3.63) is 0 Å². The van der Waals surface area contributed by atoms with Crippen LogP contribution >= 0.6 is 0 Å². The largest absolute Gasteiger partial charge is 0.480 e. The zero-order valence-electron chi connectivity index (χ0n) is 7.75. The van der Waals surface area contributed by atoms with Gasteiger partial charge in [0.25, 0.3) is 0 Å². The molecule has 3 atom stereocenters. The summed E-state index contributed by atoms with van der Waals surface area (Å²) in [5.41, 5.74) is 0. The van der Waals surface area contributed by atoms with Gasteiger partial charge < -0.3 is 20.2 Å². The highest BCUT2D eigenvalue weighted by atomic mass is 16.4. The highest BCUT2D eigenvalue weighted by Crippen LogP contribution is 2.16. The number of nitrogens with zero attached hydrogens (tertiary/aromatic N) is 1. The fourth-order valence-electron chi connectivity index (χ4n) is 1.58. The molecule has 0 aromatic rings. The normalized spacial score (nSPS) is 26.4. The van der Waals surface area contributed by atoms with Gasteiger partial charge >= 0.3 is 5.97 Å². The molecule has 1 aliphatic rings. The van der Waals surface area contributed by atoms with Crippen molar-refractivity contribution in [2.24, 2.45) is 0 Å². The molecule has 0 saturated carbocycles. The number of carbonyl (C=O) groups is 2. The second kappa shape index (κ2) is 3.93. The van der Waals surface area contributed by atoms with Crippen LogP contribution < -0.4 is 0 Å². The minimum absolute atomic E-state index is 0.0271. The number of aliphatic hydroxyl groups is 2. The van der Waals surface area contributed by atoms with Crippen molar-refractivity contribution >= 4 is 11.9 Å². The van der Waals surface area contributed by atoms with Gasteiger partial charge in [0.05, 0.1) is 18.6 Å². The minimum Gasteiger partial charge on any atom is -0.480 e. The molecule has 0 aromatic heterocycles. The molecule has 0 spiro atoms. The number of carbonyl (C=O) groups excluding carboxylic acids is 1. The maximum absolute atomic E-state index is 11.2. The van der Waals surface area contributed by atoms with E-state index >= 15 is 0 Å². The summed E-state index contributed by atoms with van der Waals surface area (Å²) in [5.74, 6) is -1.70. The second-order valence-electron chi connectivity index (χ2n) is 3.43. The molecular formula is C8H13NO5. The summed E-state index contributed by atoms with van der Waals surface area (Å²) in [6, 6.07) is -1.26. The fourth-order valence-corrected chi connectivity index (χ4v) is 1.58. The summed E-state index contributed by atoms with van der Waals surface area (Å²) in [6.45, 7) is 1.28. The van der Waals surface area contributed by atoms with E-state index in [2.05, 4.69) is 0 Å². The zero-order chi connectivity index (χ0) is 10.9. The smallest absolute Gasteiger partial charge is 0.329 e. The molecule has 6 heteroatoms. The van der Waals surface area contributed by atoms with Crippen molar-refractivity contribution in [3.8, 4) is 0 Å². The predicted molar refractivity (Wildman–Crippen MR) is 45.4 cm³/mol. The van der Waals surface area contributed by atoms with Gasteiger partial charge in [0, 0.05) is 6.54 Å². The van der Waals surface area contributed by atoms with Crippen LogP contribution in [0.2, 0.25) is 0 Å². The number of aliphatic hydroxyl groups excluding tert-OH is 2. The van der Waals surface area contributed by atoms with Crippen molar-refractivity contribution in [1.29, 1.82) is 0 Å². The standard InChI is InChI=1S/C8H13NO5/c1-4(10)7(8(13)14)9-3-5(11)2-6(9)12/h4-5,7,10-11H,2-3H2,1H3,(H,13,14)/t4-,5?,7+/m0/s1. The summed E-state index contributed by atoms with van der Waals surface area (Å²) in [7, 11) is 0. The number of rotatable bonds is 3. The van der Waals surface area contributed by atoms with Crippen molar-refractivity contribution < 1.29 is 24.9 Å². The third-order valence-electron chi connectivity index (χ3n) is 2.18. The lowest BCUT2D eigenvalue weighted by molar-refractivity contribution is -0.152. The lowest BCUT2D eigenvalue weighted by Crippen LogP contribution is -2.48. The maximum Gasteiger partial charge on any atom is 0.329 e. The van der Waals surface area contributed by atoms with Gasteiger partial charge in [0.1, 0.15) is 0 Å². The molecule has 0 aromatic carbocycles. The highest BCUT2D eigenvalue weighted by molar-refractivity contribution is 5.85. The van der Waals surface area contributed by atoms with E-state index in [0.717, 1.165) is 4.90 Å². The van der Waals surface area contributed by atoms with E-state index < -0.39 is 30.1 Å². The van der Waals surface area contributed by atoms with E-state index in [0.29, 0.717) is 0 Å². The monoisotopic (exact) mass is 203 g/mol. The molecule has 0 radical (unpaired) electrons. The van der Waals surface area contributed by atoms with Crippen LogP contribution in [0.3, 0.4) is 0 Å². The third kappa shape index (κ3) is 2.02. The van der Waals surface area contributed by atoms with Crippen molar-refractivity contribution in [2.45, 2.75) is 31.6 Å². The van der Waals surface area contributed by atoms with Crippen LogP contribution in [-0.2, 0) is 9.59 Å². The first-order chi connectivity index (χ1) is 6.43. The molecule has 0 bridgehead atoms. The number of hydrogen-bond acceptors (Lipinski definition) is 4. The third-order valence-corrected chi connectivity index (χ3v) is 2.18. The molecule has 1 heterocycles. The first-order valence-corrected chi connectivity index (χ1v) is 4.32. The Morgan fingerprint density at radius 2 is 2.21 bits per heavy atom.